The van der Waals surface area contributed by atoms with E-state index in [9.17, 15) is 14.4 Å². The van der Waals surface area contributed by atoms with Crippen molar-refractivity contribution in [2.24, 2.45) is 11.0 Å². The number of imide groups is 1. The number of hydrogen-bond acceptors (Lipinski definition) is 6. The third-order valence-electron chi connectivity index (χ3n) is 3.48. The Morgan fingerprint density at radius 3 is 2.86 bits per heavy atom. The van der Waals surface area contributed by atoms with Crippen LogP contribution >= 0.6 is 11.6 Å². The number of carbonyl (C=O) groups excluding carboxylic acids is 3. The van der Waals surface area contributed by atoms with Gasteiger partial charge in [-0.15, -0.1) is 0 Å². The van der Waals surface area contributed by atoms with Crippen molar-refractivity contribution >= 4 is 40.8 Å². The second-order valence-electron chi connectivity index (χ2n) is 4.79. The molecule has 1 fully saturated rings. The highest BCUT2D eigenvalue weighted by Gasteiger charge is 2.55. The molecule has 0 saturated carbocycles. The summed E-state index contributed by atoms with van der Waals surface area (Å²) < 4.78 is 4.86. The third kappa shape index (κ3) is 2.14. The molecule has 0 radical (unpaired) electrons. The van der Waals surface area contributed by atoms with Crippen LogP contribution in [0.15, 0.2) is 29.4 Å². The lowest BCUT2D eigenvalue weighted by Crippen LogP contribution is -2.36. The van der Waals surface area contributed by atoms with Crippen LogP contribution in [0.5, 0.6) is 0 Å². The molecule has 1 N–H and O–H groups in total. The zero-order valence-corrected chi connectivity index (χ0v) is 12.3. The van der Waals surface area contributed by atoms with Crippen LogP contribution in [-0.4, -0.2) is 36.1 Å². The van der Waals surface area contributed by atoms with Gasteiger partial charge in [0.25, 0.3) is 5.91 Å². The standard InChI is InChI=1S/C14H12ClN3O4/c1-2-22-14(21)11-9-10(16-17-11)13(20)18(12(9)19)8-5-3-4-7(15)6-8/h3-6,9-10,16H,2H2,1H3/t9-,10+/m1/s1. The van der Waals surface area contributed by atoms with Gasteiger partial charge < -0.3 is 4.74 Å². The lowest BCUT2D eigenvalue weighted by atomic mass is 9.99. The molecule has 1 aromatic carbocycles. The highest BCUT2D eigenvalue weighted by atomic mass is 35.5. The van der Waals surface area contributed by atoms with Crippen molar-refractivity contribution in [3.8, 4) is 0 Å². The molecule has 22 heavy (non-hydrogen) atoms. The van der Waals surface area contributed by atoms with Crippen LogP contribution in [0.3, 0.4) is 0 Å². The first-order valence-corrected chi connectivity index (χ1v) is 7.06. The van der Waals surface area contributed by atoms with Crippen molar-refractivity contribution in [2.45, 2.75) is 13.0 Å². The summed E-state index contributed by atoms with van der Waals surface area (Å²) in [6.07, 6.45) is 0. The average molecular weight is 322 g/mol. The monoisotopic (exact) mass is 321 g/mol. The molecular weight excluding hydrogens is 310 g/mol. The highest BCUT2D eigenvalue weighted by Crippen LogP contribution is 2.31. The van der Waals surface area contributed by atoms with Gasteiger partial charge in [-0.3, -0.25) is 15.0 Å². The van der Waals surface area contributed by atoms with Crippen molar-refractivity contribution in [1.82, 2.24) is 5.43 Å². The van der Waals surface area contributed by atoms with Crippen molar-refractivity contribution in [1.29, 1.82) is 0 Å². The lowest BCUT2D eigenvalue weighted by molar-refractivity contribution is -0.136. The fourth-order valence-corrected chi connectivity index (χ4v) is 2.72. The molecule has 1 aromatic rings. The quantitative estimate of drug-likeness (QED) is 0.654. The van der Waals surface area contributed by atoms with E-state index in [1.165, 1.54) is 6.07 Å². The maximum absolute atomic E-state index is 12.6. The number of hydrogen-bond donors (Lipinski definition) is 1. The molecule has 0 spiro atoms. The molecule has 114 valence electrons. The van der Waals surface area contributed by atoms with E-state index in [0.29, 0.717) is 10.7 Å². The summed E-state index contributed by atoms with van der Waals surface area (Å²) in [6, 6.07) is 5.51. The molecule has 7 nitrogen and oxygen atoms in total. The summed E-state index contributed by atoms with van der Waals surface area (Å²) in [4.78, 5) is 37.8. The van der Waals surface area contributed by atoms with Gasteiger partial charge in [-0.2, -0.15) is 5.10 Å². The van der Waals surface area contributed by atoms with Crippen molar-refractivity contribution in [2.75, 3.05) is 11.5 Å². The van der Waals surface area contributed by atoms with Gasteiger partial charge in [0.15, 0.2) is 5.71 Å². The molecular formula is C14H12ClN3O4. The molecule has 0 aromatic heterocycles. The maximum Gasteiger partial charge on any atom is 0.355 e. The number of ether oxygens (including phenoxy) is 1. The number of halogens is 1. The number of carbonyl (C=O) groups is 3. The van der Waals surface area contributed by atoms with E-state index < -0.39 is 29.7 Å². The first-order chi connectivity index (χ1) is 10.5. The van der Waals surface area contributed by atoms with Gasteiger partial charge in [0.2, 0.25) is 5.91 Å². The molecule has 8 heteroatoms. The molecule has 0 bridgehead atoms. The van der Waals surface area contributed by atoms with Gasteiger partial charge in [-0.05, 0) is 25.1 Å². The third-order valence-corrected chi connectivity index (χ3v) is 3.71. The molecule has 0 unspecified atom stereocenters. The van der Waals surface area contributed by atoms with Crippen LogP contribution in [0.1, 0.15) is 6.92 Å². The molecule has 2 heterocycles. The number of rotatable bonds is 3. The first kappa shape index (κ1) is 14.5. The van der Waals surface area contributed by atoms with Gasteiger partial charge >= 0.3 is 5.97 Å². The number of fused-ring (bicyclic) bond motifs is 1. The SMILES string of the molecule is CCOC(=O)C1=NN[C@@H]2C(=O)N(c3cccc(Cl)c3)C(=O)[C@@H]12. The number of amides is 2. The highest BCUT2D eigenvalue weighted by molar-refractivity contribution is 6.46. The summed E-state index contributed by atoms with van der Waals surface area (Å²) in [6.45, 7) is 1.81. The largest absolute Gasteiger partial charge is 0.461 e. The Hall–Kier alpha value is -2.41. The van der Waals surface area contributed by atoms with Crippen LogP contribution in [0.2, 0.25) is 5.02 Å². The van der Waals surface area contributed by atoms with Gasteiger partial charge in [0, 0.05) is 5.02 Å². The van der Waals surface area contributed by atoms with E-state index in [1.54, 1.807) is 25.1 Å². The zero-order chi connectivity index (χ0) is 15.9. The molecule has 0 aliphatic carbocycles. The zero-order valence-electron chi connectivity index (χ0n) is 11.6. The minimum atomic E-state index is -0.967. The second kappa shape index (κ2) is 5.42. The van der Waals surface area contributed by atoms with Crippen LogP contribution in [-0.2, 0) is 19.1 Å². The van der Waals surface area contributed by atoms with E-state index in [2.05, 4.69) is 10.5 Å². The van der Waals surface area contributed by atoms with Gasteiger partial charge in [-0.1, -0.05) is 17.7 Å². The number of nitrogens with zero attached hydrogens (tertiary/aromatic N) is 2. The van der Waals surface area contributed by atoms with E-state index in [-0.39, 0.29) is 12.3 Å². The van der Waals surface area contributed by atoms with Crippen LogP contribution in [0.4, 0.5) is 5.69 Å². The molecule has 2 aliphatic rings. The molecule has 2 amide bonds. The van der Waals surface area contributed by atoms with Crippen LogP contribution in [0.25, 0.3) is 0 Å². The Morgan fingerprint density at radius 1 is 1.41 bits per heavy atom. The van der Waals surface area contributed by atoms with Gasteiger partial charge in [0.05, 0.1) is 12.3 Å². The molecule has 3 rings (SSSR count). The van der Waals surface area contributed by atoms with E-state index in [1.807, 2.05) is 0 Å². The summed E-state index contributed by atoms with van der Waals surface area (Å²) in [5.74, 6) is -2.66. The second-order valence-corrected chi connectivity index (χ2v) is 5.23. The first-order valence-electron chi connectivity index (χ1n) is 6.68. The Bertz CT molecular complexity index is 703. The molecule has 2 atom stereocenters. The number of benzene rings is 1. The van der Waals surface area contributed by atoms with Crippen molar-refractivity contribution in [3.63, 3.8) is 0 Å². The Balaban J connectivity index is 1.93. The summed E-state index contributed by atoms with van der Waals surface area (Å²) in [7, 11) is 0. The summed E-state index contributed by atoms with van der Waals surface area (Å²) >= 11 is 5.90. The topological polar surface area (TPSA) is 88.1 Å². The van der Waals surface area contributed by atoms with Crippen molar-refractivity contribution in [3.05, 3.63) is 29.3 Å². The van der Waals surface area contributed by atoms with E-state index in [4.69, 9.17) is 16.3 Å². The Labute approximate surface area is 130 Å². The fourth-order valence-electron chi connectivity index (χ4n) is 2.53. The number of hydrazone groups is 1. The van der Waals surface area contributed by atoms with Crippen LogP contribution in [0, 0.1) is 5.92 Å². The van der Waals surface area contributed by atoms with Crippen LogP contribution < -0.4 is 10.3 Å². The molecule has 2 aliphatic heterocycles. The summed E-state index contributed by atoms with van der Waals surface area (Å²) in [5.41, 5.74) is 2.83. The Kier molecular flexibility index (Phi) is 3.58. The minimum absolute atomic E-state index is 0.0743. The van der Waals surface area contributed by atoms with E-state index in [0.717, 1.165) is 4.90 Å². The fraction of sp³-hybridized carbons (Fsp3) is 0.286. The minimum Gasteiger partial charge on any atom is -0.461 e. The Morgan fingerprint density at radius 2 is 2.18 bits per heavy atom. The van der Waals surface area contributed by atoms with Gasteiger partial charge in [-0.25, -0.2) is 9.69 Å². The predicted molar refractivity (Wildman–Crippen MR) is 78.4 cm³/mol. The normalized spacial score (nSPS) is 23.2. The van der Waals surface area contributed by atoms with E-state index >= 15 is 0 Å². The smallest absolute Gasteiger partial charge is 0.355 e. The maximum atomic E-state index is 12.6. The number of nitrogens with one attached hydrogen (secondary N) is 1. The van der Waals surface area contributed by atoms with Crippen molar-refractivity contribution < 1.29 is 19.1 Å². The lowest BCUT2D eigenvalue weighted by Gasteiger charge is -2.15. The van der Waals surface area contributed by atoms with Gasteiger partial charge in [0.1, 0.15) is 12.0 Å². The predicted octanol–water partition coefficient (Wildman–Crippen LogP) is 0.720. The molecule has 1 saturated heterocycles. The summed E-state index contributed by atoms with van der Waals surface area (Å²) in [5, 5.41) is 4.19. The number of esters is 1. The number of anilines is 1. The average Bonchev–Trinajstić information content (AvgIpc) is 3.01.